The maximum absolute atomic E-state index is 11.4. The quantitative estimate of drug-likeness (QED) is 0.413. The first-order chi connectivity index (χ1) is 8.53. The number of hydrogen-bond donors (Lipinski definition) is 3. The van der Waals surface area contributed by atoms with E-state index >= 15 is 0 Å². The normalized spacial score (nSPS) is 12.9. The van der Waals surface area contributed by atoms with Crippen molar-refractivity contribution >= 4 is 12.1 Å². The van der Waals surface area contributed by atoms with Crippen LogP contribution in [-0.2, 0) is 4.74 Å². The standard InChI is InChI=1S/C13H28N4O2/c1-12(2,3)17-10(14-7)15-8-9-16-11(18)19-13(4,5)6/h8-9H2,1-7H3,(H,16,18)(H2,14,15,17). The number of nitrogens with zero attached hydrogens (tertiary/aromatic N) is 1. The number of amides is 1. The van der Waals surface area contributed by atoms with E-state index in [9.17, 15) is 4.79 Å². The van der Waals surface area contributed by atoms with Gasteiger partial charge in [-0.3, -0.25) is 4.99 Å². The Morgan fingerprint density at radius 1 is 1.05 bits per heavy atom. The second-order valence-corrected chi connectivity index (χ2v) is 6.30. The third-order valence-electron chi connectivity index (χ3n) is 1.80. The molecule has 0 heterocycles. The highest BCUT2D eigenvalue weighted by molar-refractivity contribution is 5.80. The first kappa shape index (κ1) is 17.5. The summed E-state index contributed by atoms with van der Waals surface area (Å²) < 4.78 is 5.13. The van der Waals surface area contributed by atoms with Crippen LogP contribution in [0.15, 0.2) is 4.99 Å². The van der Waals surface area contributed by atoms with Crippen LogP contribution in [0.4, 0.5) is 4.79 Å². The Morgan fingerprint density at radius 3 is 2.00 bits per heavy atom. The summed E-state index contributed by atoms with van der Waals surface area (Å²) in [6.07, 6.45) is -0.409. The average Bonchev–Trinajstić information content (AvgIpc) is 2.18. The molecule has 6 nitrogen and oxygen atoms in total. The van der Waals surface area contributed by atoms with Gasteiger partial charge in [0, 0.05) is 25.7 Å². The van der Waals surface area contributed by atoms with Crippen molar-refractivity contribution in [1.82, 2.24) is 16.0 Å². The molecule has 0 saturated carbocycles. The van der Waals surface area contributed by atoms with Gasteiger partial charge in [-0.25, -0.2) is 4.79 Å². The van der Waals surface area contributed by atoms with Gasteiger partial charge in [0.05, 0.1) is 0 Å². The van der Waals surface area contributed by atoms with Gasteiger partial charge in [-0.05, 0) is 41.5 Å². The summed E-state index contributed by atoms with van der Waals surface area (Å²) in [5, 5.41) is 9.02. The Bertz CT molecular complexity index is 314. The van der Waals surface area contributed by atoms with E-state index in [2.05, 4.69) is 41.7 Å². The molecular formula is C13H28N4O2. The van der Waals surface area contributed by atoms with Gasteiger partial charge in [0.15, 0.2) is 5.96 Å². The summed E-state index contributed by atoms with van der Waals surface area (Å²) in [6, 6.07) is 0. The number of guanidine groups is 1. The van der Waals surface area contributed by atoms with E-state index in [1.807, 2.05) is 20.8 Å². The lowest BCUT2D eigenvalue weighted by molar-refractivity contribution is 0.0529. The molecule has 0 aliphatic heterocycles. The Balaban J connectivity index is 3.88. The second-order valence-electron chi connectivity index (χ2n) is 6.30. The van der Waals surface area contributed by atoms with Crippen molar-refractivity contribution in [2.45, 2.75) is 52.7 Å². The van der Waals surface area contributed by atoms with E-state index in [-0.39, 0.29) is 5.54 Å². The van der Waals surface area contributed by atoms with Gasteiger partial charge >= 0.3 is 6.09 Å². The molecule has 6 heteroatoms. The minimum atomic E-state index is -0.471. The fraction of sp³-hybridized carbons (Fsp3) is 0.846. The van der Waals surface area contributed by atoms with Crippen molar-refractivity contribution in [3.8, 4) is 0 Å². The monoisotopic (exact) mass is 272 g/mol. The van der Waals surface area contributed by atoms with Crippen molar-refractivity contribution in [2.75, 3.05) is 20.1 Å². The van der Waals surface area contributed by atoms with Crippen molar-refractivity contribution in [3.05, 3.63) is 0 Å². The fourth-order valence-electron chi connectivity index (χ4n) is 1.19. The smallest absolute Gasteiger partial charge is 0.407 e. The molecule has 0 aliphatic carbocycles. The maximum Gasteiger partial charge on any atom is 0.407 e. The molecule has 0 unspecified atom stereocenters. The molecule has 1 amide bonds. The first-order valence-electron chi connectivity index (χ1n) is 6.49. The highest BCUT2D eigenvalue weighted by Crippen LogP contribution is 2.05. The second kappa shape index (κ2) is 7.21. The number of ether oxygens (including phenoxy) is 1. The summed E-state index contributed by atoms with van der Waals surface area (Å²) in [6.45, 7) is 12.7. The van der Waals surface area contributed by atoms with E-state index in [1.54, 1.807) is 7.05 Å². The van der Waals surface area contributed by atoms with Crippen molar-refractivity contribution in [1.29, 1.82) is 0 Å². The van der Waals surface area contributed by atoms with E-state index in [0.29, 0.717) is 19.0 Å². The maximum atomic E-state index is 11.4. The average molecular weight is 272 g/mol. The molecule has 19 heavy (non-hydrogen) atoms. The van der Waals surface area contributed by atoms with Gasteiger partial charge in [-0.15, -0.1) is 0 Å². The number of rotatable bonds is 3. The molecule has 3 N–H and O–H groups in total. The lowest BCUT2D eigenvalue weighted by Crippen LogP contribution is -2.49. The van der Waals surface area contributed by atoms with Crippen LogP contribution in [0, 0.1) is 0 Å². The lowest BCUT2D eigenvalue weighted by Gasteiger charge is -2.24. The molecule has 112 valence electrons. The molecule has 0 saturated heterocycles. The number of nitrogens with one attached hydrogen (secondary N) is 3. The molecule has 0 bridgehead atoms. The van der Waals surface area contributed by atoms with E-state index in [0.717, 1.165) is 0 Å². The Labute approximate surface area is 116 Å². The zero-order valence-electron chi connectivity index (χ0n) is 13.2. The van der Waals surface area contributed by atoms with Gasteiger partial charge in [-0.1, -0.05) is 0 Å². The van der Waals surface area contributed by atoms with E-state index in [1.165, 1.54) is 0 Å². The minimum Gasteiger partial charge on any atom is -0.444 e. The Kier molecular flexibility index (Phi) is 6.65. The highest BCUT2D eigenvalue weighted by atomic mass is 16.6. The van der Waals surface area contributed by atoms with Gasteiger partial charge in [0.25, 0.3) is 0 Å². The zero-order chi connectivity index (χ0) is 15.1. The third kappa shape index (κ3) is 11.4. The summed E-state index contributed by atoms with van der Waals surface area (Å²) in [5.41, 5.74) is -0.526. The van der Waals surface area contributed by atoms with E-state index in [4.69, 9.17) is 4.74 Å². The number of alkyl carbamates (subject to hydrolysis) is 1. The molecule has 0 aliphatic rings. The van der Waals surface area contributed by atoms with Crippen molar-refractivity contribution in [3.63, 3.8) is 0 Å². The highest BCUT2D eigenvalue weighted by Gasteiger charge is 2.15. The van der Waals surface area contributed by atoms with Crippen molar-refractivity contribution in [2.24, 2.45) is 4.99 Å². The molecule has 0 radical (unpaired) electrons. The number of carbonyl (C=O) groups is 1. The first-order valence-corrected chi connectivity index (χ1v) is 6.49. The van der Waals surface area contributed by atoms with E-state index < -0.39 is 11.7 Å². The van der Waals surface area contributed by atoms with Gasteiger partial charge in [-0.2, -0.15) is 0 Å². The number of carbonyl (C=O) groups excluding carboxylic acids is 1. The molecule has 0 atom stereocenters. The predicted octanol–water partition coefficient (Wildman–Crippen LogP) is 1.47. The van der Waals surface area contributed by atoms with Crippen LogP contribution in [0.2, 0.25) is 0 Å². The number of aliphatic imine (C=N–C) groups is 1. The largest absolute Gasteiger partial charge is 0.444 e. The summed E-state index contributed by atoms with van der Waals surface area (Å²) in [5.74, 6) is 0.707. The lowest BCUT2D eigenvalue weighted by atomic mass is 10.1. The minimum absolute atomic E-state index is 0.0551. The number of hydrogen-bond acceptors (Lipinski definition) is 3. The third-order valence-corrected chi connectivity index (χ3v) is 1.80. The Morgan fingerprint density at radius 2 is 1.58 bits per heavy atom. The van der Waals surface area contributed by atoms with Crippen LogP contribution in [0.3, 0.4) is 0 Å². The van der Waals surface area contributed by atoms with Crippen LogP contribution >= 0.6 is 0 Å². The molecule has 0 fully saturated rings. The molecule has 0 aromatic heterocycles. The fourth-order valence-corrected chi connectivity index (χ4v) is 1.19. The molecule has 0 rings (SSSR count). The molecule has 0 spiro atoms. The van der Waals surface area contributed by atoms with Crippen LogP contribution < -0.4 is 16.0 Å². The summed E-state index contributed by atoms with van der Waals surface area (Å²) in [7, 11) is 1.71. The van der Waals surface area contributed by atoms with Gasteiger partial charge in [0.2, 0.25) is 0 Å². The Hall–Kier alpha value is -1.46. The van der Waals surface area contributed by atoms with Crippen LogP contribution in [0.25, 0.3) is 0 Å². The molecule has 0 aromatic rings. The zero-order valence-corrected chi connectivity index (χ0v) is 13.2. The van der Waals surface area contributed by atoms with Crippen LogP contribution in [0.5, 0.6) is 0 Å². The van der Waals surface area contributed by atoms with Crippen LogP contribution in [-0.4, -0.2) is 43.3 Å². The summed E-state index contributed by atoms with van der Waals surface area (Å²) >= 11 is 0. The molecule has 0 aromatic carbocycles. The van der Waals surface area contributed by atoms with Gasteiger partial charge in [0.1, 0.15) is 5.60 Å². The SMILES string of the molecule is CN=C(NCCNC(=O)OC(C)(C)C)NC(C)(C)C. The summed E-state index contributed by atoms with van der Waals surface area (Å²) in [4.78, 5) is 15.5. The predicted molar refractivity (Wildman–Crippen MR) is 78.5 cm³/mol. The van der Waals surface area contributed by atoms with Crippen molar-refractivity contribution < 1.29 is 9.53 Å². The molecular weight excluding hydrogens is 244 g/mol. The van der Waals surface area contributed by atoms with Gasteiger partial charge < -0.3 is 20.7 Å². The van der Waals surface area contributed by atoms with Crippen LogP contribution in [0.1, 0.15) is 41.5 Å². The topological polar surface area (TPSA) is 74.8 Å².